The average Bonchev–Trinajstić information content (AvgIpc) is 3.06. The van der Waals surface area contributed by atoms with Gasteiger partial charge in [-0.15, -0.1) is 28.3 Å². The van der Waals surface area contributed by atoms with Crippen LogP contribution in [0.5, 0.6) is 0 Å². The van der Waals surface area contributed by atoms with Gasteiger partial charge in [-0.2, -0.15) is 0 Å². The molecular formula is C21H21BrClN3O3S. The summed E-state index contributed by atoms with van der Waals surface area (Å²) in [6.07, 6.45) is 0.689. The van der Waals surface area contributed by atoms with E-state index in [-0.39, 0.29) is 34.0 Å². The Morgan fingerprint density at radius 2 is 1.73 bits per heavy atom. The highest BCUT2D eigenvalue weighted by Gasteiger charge is 2.24. The molecule has 0 saturated carbocycles. The van der Waals surface area contributed by atoms with Gasteiger partial charge in [-0.1, -0.05) is 44.5 Å². The molecule has 0 saturated heterocycles. The molecule has 0 fully saturated rings. The standard InChI is InChI=1S/C21H20ClN3O3S.BrH/c1-21(2,3)18-17(12-13-4-8-15(22)9-5-13)29-20(23-18)24-19(26)14-6-10-16(11-7-14)25(27)28;/h4-11H,12H2,1-3H3,(H,23,24,26);1H. The van der Waals surface area contributed by atoms with Gasteiger partial charge in [0.25, 0.3) is 11.6 Å². The normalized spacial score (nSPS) is 10.9. The summed E-state index contributed by atoms with van der Waals surface area (Å²) in [5.74, 6) is -0.354. The maximum atomic E-state index is 12.5. The van der Waals surface area contributed by atoms with Crippen LogP contribution in [0.15, 0.2) is 48.5 Å². The van der Waals surface area contributed by atoms with Gasteiger partial charge < -0.3 is 0 Å². The topological polar surface area (TPSA) is 85.1 Å². The second-order valence-electron chi connectivity index (χ2n) is 7.60. The molecular weight excluding hydrogens is 490 g/mol. The summed E-state index contributed by atoms with van der Waals surface area (Å²) in [6, 6.07) is 13.1. The Labute approximate surface area is 194 Å². The molecule has 0 bridgehead atoms. The molecule has 1 aromatic heterocycles. The number of aromatic nitrogens is 1. The van der Waals surface area contributed by atoms with E-state index in [1.165, 1.54) is 35.6 Å². The van der Waals surface area contributed by atoms with Gasteiger partial charge in [0.05, 0.1) is 10.6 Å². The lowest BCUT2D eigenvalue weighted by atomic mass is 9.90. The predicted molar refractivity (Wildman–Crippen MR) is 126 cm³/mol. The smallest absolute Gasteiger partial charge is 0.269 e. The molecule has 0 unspecified atom stereocenters. The number of hydrogen-bond donors (Lipinski definition) is 1. The Bertz CT molecular complexity index is 1040. The van der Waals surface area contributed by atoms with Crippen molar-refractivity contribution in [2.24, 2.45) is 0 Å². The summed E-state index contributed by atoms with van der Waals surface area (Å²) in [4.78, 5) is 28.5. The number of carbonyl (C=O) groups excluding carboxylic acids is 1. The van der Waals surface area contributed by atoms with Gasteiger partial charge >= 0.3 is 0 Å². The summed E-state index contributed by atoms with van der Waals surface area (Å²) >= 11 is 7.40. The van der Waals surface area contributed by atoms with Crippen molar-refractivity contribution in [3.05, 3.63) is 85.4 Å². The quantitative estimate of drug-likeness (QED) is 0.317. The largest absolute Gasteiger partial charge is 0.298 e. The molecule has 0 radical (unpaired) electrons. The molecule has 9 heteroatoms. The molecule has 30 heavy (non-hydrogen) atoms. The highest BCUT2D eigenvalue weighted by molar-refractivity contribution is 8.93. The molecule has 3 aromatic rings. The van der Waals surface area contributed by atoms with E-state index in [0.29, 0.717) is 22.1 Å². The zero-order valence-corrected chi connectivity index (χ0v) is 19.9. The molecule has 0 aliphatic carbocycles. The van der Waals surface area contributed by atoms with Crippen LogP contribution >= 0.6 is 39.9 Å². The number of amides is 1. The van der Waals surface area contributed by atoms with Crippen LogP contribution in [0.4, 0.5) is 10.8 Å². The Morgan fingerprint density at radius 1 is 1.13 bits per heavy atom. The minimum atomic E-state index is -0.499. The van der Waals surface area contributed by atoms with E-state index in [1.54, 1.807) is 0 Å². The summed E-state index contributed by atoms with van der Waals surface area (Å²) < 4.78 is 0. The average molecular weight is 511 g/mol. The monoisotopic (exact) mass is 509 g/mol. The first kappa shape index (κ1) is 24.0. The third kappa shape index (κ3) is 5.87. The van der Waals surface area contributed by atoms with Crippen LogP contribution in [0.1, 0.15) is 47.3 Å². The lowest BCUT2D eigenvalue weighted by Gasteiger charge is -2.17. The van der Waals surface area contributed by atoms with Crippen LogP contribution in [0.2, 0.25) is 5.02 Å². The highest BCUT2D eigenvalue weighted by Crippen LogP contribution is 2.34. The van der Waals surface area contributed by atoms with Crippen molar-refractivity contribution in [1.82, 2.24) is 4.98 Å². The second kappa shape index (κ2) is 9.68. The zero-order valence-electron chi connectivity index (χ0n) is 16.6. The number of thiazole rings is 1. The van der Waals surface area contributed by atoms with E-state index >= 15 is 0 Å². The molecule has 3 rings (SSSR count). The van der Waals surface area contributed by atoms with Gasteiger partial charge in [-0.25, -0.2) is 4.98 Å². The number of carbonyl (C=O) groups is 1. The summed E-state index contributed by atoms with van der Waals surface area (Å²) in [7, 11) is 0. The fourth-order valence-corrected chi connectivity index (χ4v) is 4.13. The van der Waals surface area contributed by atoms with Crippen LogP contribution in [0.3, 0.4) is 0 Å². The minimum absolute atomic E-state index is 0. The van der Waals surface area contributed by atoms with Crippen molar-refractivity contribution in [3.8, 4) is 0 Å². The van der Waals surface area contributed by atoms with Crippen molar-refractivity contribution < 1.29 is 9.72 Å². The Hall–Kier alpha value is -2.29. The molecule has 2 aromatic carbocycles. The minimum Gasteiger partial charge on any atom is -0.298 e. The lowest BCUT2D eigenvalue weighted by molar-refractivity contribution is -0.384. The van der Waals surface area contributed by atoms with Crippen LogP contribution in [0, 0.1) is 10.1 Å². The Kier molecular flexibility index (Phi) is 7.74. The molecule has 0 aliphatic rings. The summed E-state index contributed by atoms with van der Waals surface area (Å²) in [6.45, 7) is 6.24. The number of rotatable bonds is 5. The van der Waals surface area contributed by atoms with E-state index in [9.17, 15) is 14.9 Å². The van der Waals surface area contributed by atoms with Crippen molar-refractivity contribution in [2.45, 2.75) is 32.6 Å². The van der Waals surface area contributed by atoms with Gasteiger partial charge in [0.1, 0.15) is 0 Å². The Morgan fingerprint density at radius 3 is 2.27 bits per heavy atom. The first-order valence-electron chi connectivity index (χ1n) is 8.94. The van der Waals surface area contributed by atoms with Crippen molar-refractivity contribution in [1.29, 1.82) is 0 Å². The molecule has 0 atom stereocenters. The summed E-state index contributed by atoms with van der Waals surface area (Å²) in [5.41, 5.74) is 2.13. The third-order valence-corrected chi connectivity index (χ3v) is 5.47. The zero-order chi connectivity index (χ0) is 21.2. The van der Waals surface area contributed by atoms with E-state index in [0.717, 1.165) is 16.1 Å². The van der Waals surface area contributed by atoms with Crippen LogP contribution < -0.4 is 5.32 Å². The highest BCUT2D eigenvalue weighted by atomic mass is 79.9. The van der Waals surface area contributed by atoms with Crippen molar-refractivity contribution in [2.75, 3.05) is 5.32 Å². The predicted octanol–water partition coefficient (Wildman–Crippen LogP) is 6.42. The Balaban J connectivity index is 0.00000320. The molecule has 0 spiro atoms. The molecule has 158 valence electrons. The van der Waals surface area contributed by atoms with E-state index in [1.807, 2.05) is 24.3 Å². The number of benzene rings is 2. The number of hydrogen-bond acceptors (Lipinski definition) is 5. The number of nitrogens with zero attached hydrogens (tertiary/aromatic N) is 2. The van der Waals surface area contributed by atoms with Crippen LogP contribution in [0.25, 0.3) is 0 Å². The van der Waals surface area contributed by atoms with Crippen molar-refractivity contribution >= 4 is 56.6 Å². The maximum absolute atomic E-state index is 12.5. The first-order chi connectivity index (χ1) is 13.6. The van der Waals surface area contributed by atoms with Crippen molar-refractivity contribution in [3.63, 3.8) is 0 Å². The van der Waals surface area contributed by atoms with E-state index in [2.05, 4.69) is 31.1 Å². The third-order valence-electron chi connectivity index (χ3n) is 4.25. The SMILES string of the molecule is Br.CC(C)(C)c1nc(NC(=O)c2ccc([N+](=O)[O-])cc2)sc1Cc1ccc(Cl)cc1. The molecule has 1 amide bonds. The van der Waals surface area contributed by atoms with E-state index < -0.39 is 4.92 Å². The second-order valence-corrected chi connectivity index (χ2v) is 9.12. The fraction of sp³-hybridized carbons (Fsp3) is 0.238. The lowest BCUT2D eigenvalue weighted by Crippen LogP contribution is -2.15. The number of halogens is 2. The maximum Gasteiger partial charge on any atom is 0.269 e. The van der Waals surface area contributed by atoms with Crippen LogP contribution in [-0.2, 0) is 11.8 Å². The fourth-order valence-electron chi connectivity index (χ4n) is 2.80. The molecule has 0 aliphatic heterocycles. The number of nitrogens with one attached hydrogen (secondary N) is 1. The number of nitro groups is 1. The number of non-ortho nitro benzene ring substituents is 1. The van der Waals surface area contributed by atoms with Gasteiger partial charge in [0, 0.05) is 39.4 Å². The number of nitro benzene ring substituents is 1. The molecule has 1 heterocycles. The molecule has 6 nitrogen and oxygen atoms in total. The molecule has 1 N–H and O–H groups in total. The van der Waals surface area contributed by atoms with Gasteiger partial charge in [-0.3, -0.25) is 20.2 Å². The van der Waals surface area contributed by atoms with Gasteiger partial charge in [0.2, 0.25) is 0 Å². The van der Waals surface area contributed by atoms with Gasteiger partial charge in [-0.05, 0) is 29.8 Å². The van der Waals surface area contributed by atoms with E-state index in [4.69, 9.17) is 11.6 Å². The van der Waals surface area contributed by atoms with Crippen LogP contribution in [-0.4, -0.2) is 15.8 Å². The van der Waals surface area contributed by atoms with Gasteiger partial charge in [0.15, 0.2) is 5.13 Å². The number of anilines is 1. The first-order valence-corrected chi connectivity index (χ1v) is 10.1. The summed E-state index contributed by atoms with van der Waals surface area (Å²) in [5, 5.41) is 14.8.